The van der Waals surface area contributed by atoms with Crippen LogP contribution in [0.1, 0.15) is 78.8 Å². The van der Waals surface area contributed by atoms with Crippen LogP contribution < -0.4 is 18.9 Å². The van der Waals surface area contributed by atoms with E-state index in [4.69, 9.17) is 18.9 Å². The molecule has 0 saturated carbocycles. The summed E-state index contributed by atoms with van der Waals surface area (Å²) in [6.45, 7) is 25.1. The summed E-state index contributed by atoms with van der Waals surface area (Å²) in [5.41, 5.74) is 7.73. The molecule has 0 bridgehead atoms. The molecule has 7 heteroatoms. The summed E-state index contributed by atoms with van der Waals surface area (Å²) in [5, 5.41) is 0. The van der Waals surface area contributed by atoms with Crippen molar-refractivity contribution in [1.82, 2.24) is 4.90 Å². The lowest BCUT2D eigenvalue weighted by atomic mass is 9.99. The molecule has 2 aromatic carbocycles. The predicted octanol–water partition coefficient (Wildman–Crippen LogP) is 10.6. The van der Waals surface area contributed by atoms with E-state index >= 15 is 0 Å². The smallest absolute Gasteiger partial charge is 0.258 e. The minimum absolute atomic E-state index is 0.0752. The third kappa shape index (κ3) is 12.1. The van der Waals surface area contributed by atoms with Crippen molar-refractivity contribution in [1.29, 1.82) is 0 Å². The van der Waals surface area contributed by atoms with E-state index in [-0.39, 0.29) is 17.7 Å². The van der Waals surface area contributed by atoms with E-state index < -0.39 is 0 Å². The SMILES string of the molecule is C=C=C[C@@H]1CC(/C=C/C)=CN1C(=O)c1cc(OC)c(OCCCOc2cc(C=C)c(C(C)=O)cc2OC)cc1C.C=CC(C=C)CC(/C=C/C)=C\C. The second-order valence-electron chi connectivity index (χ2n) is 12.0. The molecule has 0 spiro atoms. The molecule has 0 aromatic heterocycles. The Hall–Kier alpha value is -5.52. The summed E-state index contributed by atoms with van der Waals surface area (Å²) in [7, 11) is 3.08. The van der Waals surface area contributed by atoms with Gasteiger partial charge in [0.1, 0.15) is 0 Å². The number of methoxy groups -OCH3 is 2. The van der Waals surface area contributed by atoms with Crippen LogP contribution in [0, 0.1) is 12.8 Å². The van der Waals surface area contributed by atoms with Crippen molar-refractivity contribution >= 4 is 17.8 Å². The maximum absolute atomic E-state index is 13.5. The van der Waals surface area contributed by atoms with Gasteiger partial charge < -0.3 is 23.8 Å². The molecule has 276 valence electrons. The van der Waals surface area contributed by atoms with Crippen molar-refractivity contribution in [3.05, 3.63) is 145 Å². The Morgan fingerprint density at radius 1 is 0.923 bits per heavy atom. The highest BCUT2D eigenvalue weighted by Crippen LogP contribution is 2.34. The van der Waals surface area contributed by atoms with E-state index in [9.17, 15) is 9.59 Å². The zero-order valence-corrected chi connectivity index (χ0v) is 32.0. The van der Waals surface area contributed by atoms with Crippen LogP contribution in [0.4, 0.5) is 0 Å². The molecule has 7 nitrogen and oxygen atoms in total. The molecule has 0 fully saturated rings. The first-order valence-electron chi connectivity index (χ1n) is 17.4. The number of aryl methyl sites for hydroxylation is 1. The van der Waals surface area contributed by atoms with Crippen LogP contribution in [-0.4, -0.2) is 50.1 Å². The van der Waals surface area contributed by atoms with Crippen LogP contribution in [0.5, 0.6) is 23.0 Å². The molecular weight excluding hydrogens is 650 g/mol. The van der Waals surface area contributed by atoms with Crippen LogP contribution in [0.25, 0.3) is 6.08 Å². The predicted molar refractivity (Wildman–Crippen MR) is 215 cm³/mol. The molecule has 2 aromatic rings. The maximum Gasteiger partial charge on any atom is 0.258 e. The summed E-state index contributed by atoms with van der Waals surface area (Å²) in [6.07, 6.45) is 21.7. The highest BCUT2D eigenvalue weighted by Gasteiger charge is 2.29. The number of rotatable bonds is 18. The van der Waals surface area contributed by atoms with E-state index in [1.54, 1.807) is 36.3 Å². The molecule has 0 saturated heterocycles. The van der Waals surface area contributed by atoms with Crippen LogP contribution in [0.3, 0.4) is 0 Å². The Bertz CT molecular complexity index is 1740. The summed E-state index contributed by atoms with van der Waals surface area (Å²) in [5.74, 6) is 2.21. The van der Waals surface area contributed by atoms with Crippen molar-refractivity contribution in [2.75, 3.05) is 27.4 Å². The number of hydrogen-bond acceptors (Lipinski definition) is 6. The molecule has 0 unspecified atom stereocenters. The molecule has 1 amide bonds. The van der Waals surface area contributed by atoms with Crippen molar-refractivity contribution < 1.29 is 28.5 Å². The minimum atomic E-state index is -0.141. The monoisotopic (exact) mass is 705 g/mol. The van der Waals surface area contributed by atoms with Crippen molar-refractivity contribution in [2.24, 2.45) is 5.92 Å². The third-order valence-corrected chi connectivity index (χ3v) is 8.34. The molecule has 1 aliphatic rings. The first kappa shape index (κ1) is 42.6. The van der Waals surface area contributed by atoms with E-state index in [1.165, 1.54) is 19.6 Å². The summed E-state index contributed by atoms with van der Waals surface area (Å²) in [6, 6.07) is 6.81. The Labute approximate surface area is 311 Å². The fraction of sp³-hybridized carbons (Fsp3) is 0.311. The third-order valence-electron chi connectivity index (χ3n) is 8.34. The van der Waals surface area contributed by atoms with Gasteiger partial charge in [0.15, 0.2) is 28.8 Å². The van der Waals surface area contributed by atoms with Gasteiger partial charge in [-0.15, -0.1) is 18.9 Å². The molecular formula is C45H55NO6. The Balaban J connectivity index is 0.000000667. The van der Waals surface area contributed by atoms with Gasteiger partial charge in [0.2, 0.25) is 0 Å². The fourth-order valence-corrected chi connectivity index (χ4v) is 5.56. The van der Waals surface area contributed by atoms with Crippen LogP contribution in [0.2, 0.25) is 0 Å². The molecule has 3 rings (SSSR count). The second-order valence-corrected chi connectivity index (χ2v) is 12.0. The number of ether oxygens (including phenoxy) is 4. The number of ketones is 1. The quantitative estimate of drug-likeness (QED) is 0.0505. The standard InChI is InChI=1S/C33H37NO6.C12H18/c1-8-12-24-17-26(13-9-2)34(21-24)33(36)27-19-29(37-6)31(16-22(27)4)39-14-11-15-40-32-18-25(10-3)28(23(5)35)20-30(32)38-7;1-5-9-12(8-4)10-11(6-2)7-3/h8,10,12-13,16,18-21,26H,2-3,11,14-15,17H2,1,4-7H3;5-9,11H,2-3,10H2,1,4H3/b12-8+;9-5+,12-8-/t26-;/m1./s1. The maximum atomic E-state index is 13.5. The molecule has 1 atom stereocenters. The average molecular weight is 706 g/mol. The lowest BCUT2D eigenvalue weighted by molar-refractivity contribution is 0.0804. The zero-order chi connectivity index (χ0) is 38.6. The minimum Gasteiger partial charge on any atom is -0.493 e. The average Bonchev–Trinajstić information content (AvgIpc) is 3.55. The summed E-state index contributed by atoms with van der Waals surface area (Å²) < 4.78 is 22.9. The molecule has 1 aliphatic heterocycles. The van der Waals surface area contributed by atoms with Crippen molar-refractivity contribution in [3.63, 3.8) is 0 Å². The number of Topliss-reactive ketones (excluding diaryl/α,β-unsaturated/α-hetero) is 1. The Morgan fingerprint density at radius 2 is 1.54 bits per heavy atom. The van der Waals surface area contributed by atoms with E-state index in [1.807, 2.05) is 63.4 Å². The topological polar surface area (TPSA) is 74.3 Å². The second kappa shape index (κ2) is 22.3. The first-order valence-corrected chi connectivity index (χ1v) is 17.4. The lowest BCUT2D eigenvalue weighted by Crippen LogP contribution is -2.31. The Morgan fingerprint density at radius 3 is 2.04 bits per heavy atom. The largest absolute Gasteiger partial charge is 0.493 e. The molecule has 0 N–H and O–H groups in total. The van der Waals surface area contributed by atoms with Gasteiger partial charge in [-0.05, 0) is 100 Å². The Kier molecular flexibility index (Phi) is 18.3. The first-order chi connectivity index (χ1) is 25.0. The number of carbonyl (C=O) groups is 2. The zero-order valence-electron chi connectivity index (χ0n) is 32.0. The summed E-state index contributed by atoms with van der Waals surface area (Å²) in [4.78, 5) is 27.1. The highest BCUT2D eigenvalue weighted by atomic mass is 16.5. The number of benzene rings is 2. The fourth-order valence-electron chi connectivity index (χ4n) is 5.56. The van der Waals surface area contributed by atoms with Crippen LogP contribution in [-0.2, 0) is 0 Å². The normalized spacial score (nSPS) is 13.9. The van der Waals surface area contributed by atoms with E-state index in [0.717, 1.165) is 17.6 Å². The van der Waals surface area contributed by atoms with Gasteiger partial charge in [-0.1, -0.05) is 67.3 Å². The van der Waals surface area contributed by atoms with Gasteiger partial charge in [-0.25, -0.2) is 0 Å². The molecule has 0 aliphatic carbocycles. The van der Waals surface area contributed by atoms with E-state index in [2.05, 4.69) is 57.2 Å². The number of hydrogen-bond donors (Lipinski definition) is 0. The van der Waals surface area contributed by atoms with Crippen LogP contribution >= 0.6 is 0 Å². The van der Waals surface area contributed by atoms with Crippen LogP contribution in [0.15, 0.2) is 122 Å². The van der Waals surface area contributed by atoms with Gasteiger partial charge in [0, 0.05) is 23.7 Å². The van der Waals surface area contributed by atoms with E-state index in [0.29, 0.717) is 71.7 Å². The number of carbonyl (C=O) groups excluding carboxylic acids is 2. The molecule has 0 radical (unpaired) electrons. The van der Waals surface area contributed by atoms with Gasteiger partial charge in [0.25, 0.3) is 5.91 Å². The lowest BCUT2D eigenvalue weighted by Gasteiger charge is -2.22. The number of amides is 1. The van der Waals surface area contributed by atoms with Crippen molar-refractivity contribution in [2.45, 2.75) is 59.9 Å². The van der Waals surface area contributed by atoms with Crippen molar-refractivity contribution in [3.8, 4) is 23.0 Å². The number of nitrogens with zero attached hydrogens (tertiary/aromatic N) is 1. The van der Waals surface area contributed by atoms with Gasteiger partial charge in [-0.2, -0.15) is 0 Å². The molecule has 1 heterocycles. The van der Waals surface area contributed by atoms with Gasteiger partial charge in [-0.3, -0.25) is 9.59 Å². The van der Waals surface area contributed by atoms with Gasteiger partial charge in [0.05, 0.1) is 33.5 Å². The van der Waals surface area contributed by atoms with Gasteiger partial charge >= 0.3 is 0 Å². The number of allylic oxidation sites excluding steroid dienone is 8. The highest BCUT2D eigenvalue weighted by molar-refractivity contribution is 5.99. The summed E-state index contributed by atoms with van der Waals surface area (Å²) >= 11 is 0. The molecule has 52 heavy (non-hydrogen) atoms.